The molecule has 0 aliphatic rings. The Labute approximate surface area is 136 Å². The number of carbonyl (C=O) groups is 1. The lowest BCUT2D eigenvalue weighted by Gasteiger charge is -2.28. The highest BCUT2D eigenvalue weighted by Crippen LogP contribution is 2.22. The molecule has 0 heterocycles. The van der Waals surface area contributed by atoms with Gasteiger partial charge in [-0.25, -0.2) is 4.79 Å². The number of carboxylic acid groups (broad SMARTS) is 1. The first-order valence-corrected chi connectivity index (χ1v) is 7.61. The second-order valence-corrected chi connectivity index (χ2v) is 5.47. The third-order valence-corrected chi connectivity index (χ3v) is 4.06. The van der Waals surface area contributed by atoms with E-state index in [2.05, 4.69) is 24.8 Å². The number of nitriles is 1. The van der Waals surface area contributed by atoms with Gasteiger partial charge in [0.15, 0.2) is 0 Å². The SMILES string of the molecule is CCN(Cc1ccc(C(=O)O)cc1)C(C)c1ccc(C#N)cc1. The Bertz CT molecular complexity index is 700. The van der Waals surface area contributed by atoms with Gasteiger partial charge in [-0.2, -0.15) is 5.26 Å². The van der Waals surface area contributed by atoms with Gasteiger partial charge in [-0.1, -0.05) is 31.2 Å². The fourth-order valence-electron chi connectivity index (χ4n) is 2.56. The van der Waals surface area contributed by atoms with Gasteiger partial charge in [0.2, 0.25) is 0 Å². The van der Waals surface area contributed by atoms with Crippen LogP contribution in [0.1, 0.15) is 46.9 Å². The fraction of sp³-hybridized carbons (Fsp3) is 0.263. The van der Waals surface area contributed by atoms with Crippen molar-refractivity contribution in [3.05, 3.63) is 70.8 Å². The summed E-state index contributed by atoms with van der Waals surface area (Å²) in [7, 11) is 0. The topological polar surface area (TPSA) is 64.3 Å². The van der Waals surface area contributed by atoms with Crippen LogP contribution in [0.15, 0.2) is 48.5 Å². The second-order valence-electron chi connectivity index (χ2n) is 5.47. The summed E-state index contributed by atoms with van der Waals surface area (Å²) >= 11 is 0. The van der Waals surface area contributed by atoms with E-state index in [1.807, 2.05) is 36.4 Å². The molecule has 2 aromatic rings. The Morgan fingerprint density at radius 2 is 1.78 bits per heavy atom. The Morgan fingerprint density at radius 1 is 1.17 bits per heavy atom. The highest BCUT2D eigenvalue weighted by Gasteiger charge is 2.15. The summed E-state index contributed by atoms with van der Waals surface area (Å²) in [5, 5.41) is 17.8. The molecule has 0 radical (unpaired) electrons. The molecule has 0 amide bonds. The Balaban J connectivity index is 2.11. The van der Waals surface area contributed by atoms with E-state index in [9.17, 15) is 4.79 Å². The molecule has 4 heteroatoms. The largest absolute Gasteiger partial charge is 0.478 e. The quantitative estimate of drug-likeness (QED) is 0.880. The minimum atomic E-state index is -0.908. The van der Waals surface area contributed by atoms with E-state index < -0.39 is 5.97 Å². The maximum Gasteiger partial charge on any atom is 0.335 e. The molecule has 0 saturated carbocycles. The number of nitrogens with zero attached hydrogens (tertiary/aromatic N) is 2. The number of rotatable bonds is 6. The van der Waals surface area contributed by atoms with Crippen molar-refractivity contribution in [3.8, 4) is 6.07 Å². The third kappa shape index (κ3) is 4.18. The summed E-state index contributed by atoms with van der Waals surface area (Å²) in [6, 6.07) is 17.0. The van der Waals surface area contributed by atoms with Crippen LogP contribution in [0.25, 0.3) is 0 Å². The minimum absolute atomic E-state index is 0.215. The van der Waals surface area contributed by atoms with Crippen molar-refractivity contribution in [1.29, 1.82) is 5.26 Å². The highest BCUT2D eigenvalue weighted by atomic mass is 16.4. The molecule has 0 saturated heterocycles. The van der Waals surface area contributed by atoms with Gasteiger partial charge < -0.3 is 5.11 Å². The van der Waals surface area contributed by atoms with Crippen LogP contribution in [0.2, 0.25) is 0 Å². The molecular weight excluding hydrogens is 288 g/mol. The van der Waals surface area contributed by atoms with E-state index in [-0.39, 0.29) is 6.04 Å². The molecule has 0 fully saturated rings. The number of hydrogen-bond donors (Lipinski definition) is 1. The van der Waals surface area contributed by atoms with Gasteiger partial charge in [0.1, 0.15) is 0 Å². The number of aromatic carboxylic acids is 1. The van der Waals surface area contributed by atoms with Crippen molar-refractivity contribution in [2.75, 3.05) is 6.54 Å². The van der Waals surface area contributed by atoms with E-state index in [1.54, 1.807) is 12.1 Å². The van der Waals surface area contributed by atoms with Crippen molar-refractivity contribution >= 4 is 5.97 Å². The van der Waals surface area contributed by atoms with Crippen LogP contribution in [0.5, 0.6) is 0 Å². The lowest BCUT2D eigenvalue weighted by molar-refractivity contribution is 0.0697. The van der Waals surface area contributed by atoms with E-state index in [0.29, 0.717) is 11.1 Å². The summed E-state index contributed by atoms with van der Waals surface area (Å²) in [5.74, 6) is -0.908. The van der Waals surface area contributed by atoms with Crippen molar-refractivity contribution < 1.29 is 9.90 Å². The van der Waals surface area contributed by atoms with E-state index in [1.165, 1.54) is 0 Å². The average molecular weight is 308 g/mol. The molecule has 0 aliphatic heterocycles. The van der Waals surface area contributed by atoms with Crippen LogP contribution < -0.4 is 0 Å². The minimum Gasteiger partial charge on any atom is -0.478 e. The summed E-state index contributed by atoms with van der Waals surface area (Å²) in [6.07, 6.45) is 0. The fourth-order valence-corrected chi connectivity index (χ4v) is 2.56. The van der Waals surface area contributed by atoms with Crippen molar-refractivity contribution in [3.63, 3.8) is 0 Å². The molecule has 2 rings (SSSR count). The molecule has 1 N–H and O–H groups in total. The van der Waals surface area contributed by atoms with Gasteiger partial charge in [0, 0.05) is 12.6 Å². The molecule has 0 aliphatic carbocycles. The van der Waals surface area contributed by atoms with Crippen LogP contribution in [-0.4, -0.2) is 22.5 Å². The Morgan fingerprint density at radius 3 is 2.26 bits per heavy atom. The highest BCUT2D eigenvalue weighted by molar-refractivity contribution is 5.87. The zero-order valence-corrected chi connectivity index (χ0v) is 13.4. The van der Waals surface area contributed by atoms with Gasteiger partial charge in [-0.15, -0.1) is 0 Å². The smallest absolute Gasteiger partial charge is 0.335 e. The van der Waals surface area contributed by atoms with Gasteiger partial charge in [0.05, 0.1) is 17.2 Å². The summed E-state index contributed by atoms with van der Waals surface area (Å²) in [6.45, 7) is 5.86. The third-order valence-electron chi connectivity index (χ3n) is 4.06. The van der Waals surface area contributed by atoms with E-state index in [4.69, 9.17) is 10.4 Å². The maximum atomic E-state index is 10.9. The normalized spacial score (nSPS) is 11.9. The van der Waals surface area contributed by atoms with Gasteiger partial charge >= 0.3 is 5.97 Å². The second kappa shape index (κ2) is 7.57. The molecule has 0 aromatic heterocycles. The first-order chi connectivity index (χ1) is 11.0. The van der Waals surface area contributed by atoms with Gasteiger partial charge in [0.25, 0.3) is 0 Å². The van der Waals surface area contributed by atoms with E-state index in [0.717, 1.165) is 24.2 Å². The molecule has 0 bridgehead atoms. The summed E-state index contributed by atoms with van der Waals surface area (Å²) in [4.78, 5) is 13.2. The van der Waals surface area contributed by atoms with Crippen molar-refractivity contribution in [1.82, 2.24) is 4.90 Å². The average Bonchev–Trinajstić information content (AvgIpc) is 2.59. The lowest BCUT2D eigenvalue weighted by atomic mass is 10.0. The Kier molecular flexibility index (Phi) is 5.51. The van der Waals surface area contributed by atoms with Gasteiger partial charge in [-0.3, -0.25) is 4.90 Å². The van der Waals surface area contributed by atoms with Crippen molar-refractivity contribution in [2.45, 2.75) is 26.4 Å². The number of carboxylic acids is 1. The predicted molar refractivity (Wildman–Crippen MR) is 89.1 cm³/mol. The number of benzene rings is 2. The molecule has 2 aromatic carbocycles. The lowest BCUT2D eigenvalue weighted by Crippen LogP contribution is -2.26. The molecule has 0 spiro atoms. The first-order valence-electron chi connectivity index (χ1n) is 7.61. The summed E-state index contributed by atoms with van der Waals surface area (Å²) < 4.78 is 0. The molecule has 1 unspecified atom stereocenters. The van der Waals surface area contributed by atoms with Crippen LogP contribution in [0, 0.1) is 11.3 Å². The Hall–Kier alpha value is -2.64. The zero-order valence-electron chi connectivity index (χ0n) is 13.4. The molecular formula is C19H20N2O2. The zero-order chi connectivity index (χ0) is 16.8. The van der Waals surface area contributed by atoms with Gasteiger partial charge in [-0.05, 0) is 48.9 Å². The molecule has 23 heavy (non-hydrogen) atoms. The standard InChI is InChI=1S/C19H20N2O2/c1-3-21(13-16-6-10-18(11-7-16)19(22)23)14(2)17-8-4-15(12-20)5-9-17/h4-11,14H,3,13H2,1-2H3,(H,22,23). The maximum absolute atomic E-state index is 10.9. The first kappa shape index (κ1) is 16.7. The van der Waals surface area contributed by atoms with Crippen LogP contribution in [0.4, 0.5) is 0 Å². The molecule has 118 valence electrons. The van der Waals surface area contributed by atoms with Crippen molar-refractivity contribution in [2.24, 2.45) is 0 Å². The monoisotopic (exact) mass is 308 g/mol. The predicted octanol–water partition coefficient (Wildman–Crippen LogP) is 3.84. The van der Waals surface area contributed by atoms with E-state index >= 15 is 0 Å². The molecule has 4 nitrogen and oxygen atoms in total. The van der Waals surface area contributed by atoms with Crippen LogP contribution >= 0.6 is 0 Å². The van der Waals surface area contributed by atoms with Crippen LogP contribution in [-0.2, 0) is 6.54 Å². The summed E-state index contributed by atoms with van der Waals surface area (Å²) in [5.41, 5.74) is 3.20. The van der Waals surface area contributed by atoms with Crippen LogP contribution in [0.3, 0.4) is 0 Å². The molecule has 1 atom stereocenters. The number of hydrogen-bond acceptors (Lipinski definition) is 3.